The molecule has 1 aliphatic carbocycles. The Morgan fingerprint density at radius 1 is 1.04 bits per heavy atom. The molecule has 0 unspecified atom stereocenters. The summed E-state index contributed by atoms with van der Waals surface area (Å²) >= 11 is 6.04. The Bertz CT molecular complexity index is 692. The van der Waals surface area contributed by atoms with Crippen molar-refractivity contribution in [1.29, 1.82) is 0 Å². The predicted molar refractivity (Wildman–Crippen MR) is 93.5 cm³/mol. The maximum atomic E-state index is 6.34. The zero-order chi connectivity index (χ0) is 15.9. The van der Waals surface area contributed by atoms with Crippen LogP contribution in [-0.2, 0) is 15.7 Å². The number of halogens is 2. The van der Waals surface area contributed by atoms with Gasteiger partial charge in [0.05, 0.1) is 11.0 Å². The monoisotopic (exact) mass is 369 g/mol. The van der Waals surface area contributed by atoms with E-state index in [2.05, 4.69) is 5.16 Å². The summed E-state index contributed by atoms with van der Waals surface area (Å²) in [5.74, 6) is 1.29. The lowest BCUT2D eigenvalue weighted by molar-refractivity contribution is 0.0523. The van der Waals surface area contributed by atoms with Crippen molar-refractivity contribution in [2.45, 2.75) is 43.1 Å². The van der Waals surface area contributed by atoms with E-state index >= 15 is 0 Å². The van der Waals surface area contributed by atoms with Gasteiger partial charge >= 0.3 is 0 Å². The molecule has 1 aromatic carbocycles. The van der Waals surface area contributed by atoms with Gasteiger partial charge in [-0.05, 0) is 49.8 Å². The van der Waals surface area contributed by atoms with Crippen molar-refractivity contribution in [2.24, 2.45) is 5.73 Å². The number of aromatic nitrogens is 2. The van der Waals surface area contributed by atoms with Crippen LogP contribution in [0, 0.1) is 0 Å². The van der Waals surface area contributed by atoms with E-state index in [-0.39, 0.29) is 17.8 Å². The highest BCUT2D eigenvalue weighted by molar-refractivity contribution is 6.30. The smallest absolute Gasteiger partial charge is 0.237 e. The van der Waals surface area contributed by atoms with E-state index in [1.54, 1.807) is 0 Å². The van der Waals surface area contributed by atoms with Crippen molar-refractivity contribution in [3.05, 3.63) is 46.6 Å². The molecule has 0 spiro atoms. The summed E-state index contributed by atoms with van der Waals surface area (Å²) in [5.41, 5.74) is 6.76. The third-order valence-electron chi connectivity index (χ3n) is 5.27. The molecule has 0 atom stereocenters. The first kappa shape index (κ1) is 17.7. The van der Waals surface area contributed by atoms with Crippen LogP contribution in [0.3, 0.4) is 0 Å². The van der Waals surface area contributed by atoms with E-state index in [1.807, 2.05) is 24.3 Å². The van der Waals surface area contributed by atoms with E-state index < -0.39 is 5.54 Å². The highest BCUT2D eigenvalue weighted by Crippen LogP contribution is 2.43. The minimum Gasteiger partial charge on any atom is -0.381 e. The normalized spacial score (nSPS) is 21.6. The molecule has 2 aromatic rings. The molecule has 1 aromatic heterocycles. The fourth-order valence-electron chi connectivity index (χ4n) is 3.52. The molecule has 0 radical (unpaired) electrons. The van der Waals surface area contributed by atoms with Crippen molar-refractivity contribution in [1.82, 2.24) is 10.1 Å². The van der Waals surface area contributed by atoms with E-state index in [4.69, 9.17) is 31.6 Å². The summed E-state index contributed by atoms with van der Waals surface area (Å²) in [6.45, 7) is 1.35. The molecule has 0 amide bonds. The zero-order valence-electron chi connectivity index (χ0n) is 13.3. The second kappa shape index (κ2) is 6.64. The van der Waals surface area contributed by atoms with Crippen molar-refractivity contribution in [2.75, 3.05) is 13.2 Å². The van der Waals surface area contributed by atoms with Gasteiger partial charge in [-0.3, -0.25) is 0 Å². The van der Waals surface area contributed by atoms with Gasteiger partial charge in [-0.1, -0.05) is 28.9 Å². The lowest BCUT2D eigenvalue weighted by atomic mass is 9.73. The third-order valence-corrected chi connectivity index (χ3v) is 5.52. The molecule has 7 heteroatoms. The minimum absolute atomic E-state index is 0. The number of hydrogen-bond donors (Lipinski definition) is 1. The molecule has 2 N–H and O–H groups in total. The van der Waals surface area contributed by atoms with E-state index in [0.29, 0.717) is 24.9 Å². The van der Waals surface area contributed by atoms with Gasteiger partial charge in [-0.2, -0.15) is 4.98 Å². The van der Waals surface area contributed by atoms with Gasteiger partial charge < -0.3 is 15.0 Å². The first-order chi connectivity index (χ1) is 11.1. The number of nitrogens with zero attached hydrogens (tertiary/aromatic N) is 2. The fourth-order valence-corrected chi connectivity index (χ4v) is 3.64. The number of ether oxygens (including phenoxy) is 1. The zero-order valence-corrected chi connectivity index (χ0v) is 14.9. The highest BCUT2D eigenvalue weighted by atomic mass is 35.5. The number of benzene rings is 1. The lowest BCUT2D eigenvalue weighted by Gasteiger charge is -2.35. The number of hydrogen-bond acceptors (Lipinski definition) is 5. The first-order valence-corrected chi connectivity index (χ1v) is 8.48. The Hall–Kier alpha value is -1.14. The van der Waals surface area contributed by atoms with Gasteiger partial charge in [0.1, 0.15) is 0 Å². The van der Waals surface area contributed by atoms with Crippen molar-refractivity contribution >= 4 is 24.0 Å². The van der Waals surface area contributed by atoms with Crippen LogP contribution < -0.4 is 5.73 Å². The van der Waals surface area contributed by atoms with Crippen LogP contribution >= 0.6 is 24.0 Å². The van der Waals surface area contributed by atoms with Crippen LogP contribution in [0.15, 0.2) is 28.8 Å². The van der Waals surface area contributed by atoms with Gasteiger partial charge in [-0.25, -0.2) is 0 Å². The Kier molecular flexibility index (Phi) is 4.89. The van der Waals surface area contributed by atoms with Gasteiger partial charge in [-0.15, -0.1) is 12.4 Å². The minimum atomic E-state index is -0.409. The van der Waals surface area contributed by atoms with Crippen LogP contribution in [0.5, 0.6) is 0 Å². The molecule has 130 valence electrons. The average Bonchev–Trinajstić information content (AvgIpc) is 3.05. The lowest BCUT2D eigenvalue weighted by Crippen LogP contribution is -2.44. The molecule has 0 bridgehead atoms. The summed E-state index contributed by atoms with van der Waals surface area (Å²) in [5, 5.41) is 4.92. The van der Waals surface area contributed by atoms with Crippen LogP contribution in [0.25, 0.3) is 0 Å². The Balaban J connectivity index is 0.00000169. The maximum Gasteiger partial charge on any atom is 0.237 e. The molecule has 5 nitrogen and oxygen atoms in total. The average molecular weight is 370 g/mol. The molecule has 2 fully saturated rings. The van der Waals surface area contributed by atoms with Crippen LogP contribution in [0.1, 0.15) is 49.4 Å². The molecular weight excluding hydrogens is 349 g/mol. The molecule has 2 aliphatic rings. The highest BCUT2D eigenvalue weighted by Gasteiger charge is 2.44. The predicted octanol–water partition coefficient (Wildman–Crippen LogP) is 3.58. The molecule has 1 saturated heterocycles. The van der Waals surface area contributed by atoms with Crippen LogP contribution in [0.2, 0.25) is 5.02 Å². The Morgan fingerprint density at radius 2 is 1.71 bits per heavy atom. The SMILES string of the molecule is Cl.NC1(c2noc(C3(c4ccc(Cl)cc4)CCOCC3)n2)CCC1. The van der Waals surface area contributed by atoms with Gasteiger partial charge in [0.25, 0.3) is 0 Å². The summed E-state index contributed by atoms with van der Waals surface area (Å²) in [6.07, 6.45) is 4.59. The van der Waals surface area contributed by atoms with Crippen molar-refractivity contribution in [3.8, 4) is 0 Å². The topological polar surface area (TPSA) is 74.2 Å². The molecule has 1 aliphatic heterocycles. The van der Waals surface area contributed by atoms with Crippen LogP contribution in [-0.4, -0.2) is 23.4 Å². The number of nitrogens with two attached hydrogens (primary N) is 1. The first-order valence-electron chi connectivity index (χ1n) is 8.10. The van der Waals surface area contributed by atoms with Gasteiger partial charge in [0.2, 0.25) is 5.89 Å². The second-order valence-corrected chi connectivity index (χ2v) is 7.07. The number of rotatable bonds is 3. The summed E-state index contributed by atoms with van der Waals surface area (Å²) in [7, 11) is 0. The van der Waals surface area contributed by atoms with E-state index in [0.717, 1.165) is 42.7 Å². The third kappa shape index (κ3) is 2.84. The van der Waals surface area contributed by atoms with E-state index in [9.17, 15) is 0 Å². The van der Waals surface area contributed by atoms with Gasteiger partial charge in [0.15, 0.2) is 5.82 Å². The molecule has 4 rings (SSSR count). The maximum absolute atomic E-state index is 6.34. The van der Waals surface area contributed by atoms with Gasteiger partial charge in [0, 0.05) is 18.2 Å². The van der Waals surface area contributed by atoms with Crippen molar-refractivity contribution in [3.63, 3.8) is 0 Å². The quantitative estimate of drug-likeness (QED) is 0.894. The largest absolute Gasteiger partial charge is 0.381 e. The molecule has 2 heterocycles. The molecular formula is C17H21Cl2N3O2. The Morgan fingerprint density at radius 3 is 2.29 bits per heavy atom. The van der Waals surface area contributed by atoms with E-state index in [1.165, 1.54) is 0 Å². The Labute approximate surface area is 152 Å². The summed E-state index contributed by atoms with van der Waals surface area (Å²) in [6, 6.07) is 7.89. The summed E-state index contributed by atoms with van der Waals surface area (Å²) < 4.78 is 11.2. The summed E-state index contributed by atoms with van der Waals surface area (Å²) in [4.78, 5) is 4.71. The second-order valence-electron chi connectivity index (χ2n) is 6.63. The van der Waals surface area contributed by atoms with Crippen LogP contribution in [0.4, 0.5) is 0 Å². The standard InChI is InChI=1S/C17H20ClN3O2.ClH/c18-13-4-2-12(3-5-13)16(8-10-22-11-9-16)15-20-14(21-23-15)17(19)6-1-7-17;/h2-5H,1,6-11,19H2;1H. The fraction of sp³-hybridized carbons (Fsp3) is 0.529. The molecule has 24 heavy (non-hydrogen) atoms. The molecule has 1 saturated carbocycles. The van der Waals surface area contributed by atoms with Crippen molar-refractivity contribution < 1.29 is 9.26 Å².